The molecule has 0 aliphatic carbocycles. The molecule has 0 atom stereocenters. The van der Waals surface area contributed by atoms with Crippen LogP contribution in [0.3, 0.4) is 0 Å². The topological polar surface area (TPSA) is 88.5 Å². The molecule has 0 amide bonds. The monoisotopic (exact) mass is 408 g/mol. The Balaban J connectivity index is 1.43. The van der Waals surface area contributed by atoms with E-state index >= 15 is 0 Å². The second-order valence-corrected chi connectivity index (χ2v) is 9.49. The van der Waals surface area contributed by atoms with Crippen LogP contribution < -0.4 is 10.6 Å². The first-order valence-electron chi connectivity index (χ1n) is 10.6. The fraction of sp³-hybridized carbons (Fsp3) is 0.545. The molecule has 1 saturated heterocycles. The summed E-state index contributed by atoms with van der Waals surface area (Å²) >= 11 is 0. The summed E-state index contributed by atoms with van der Waals surface area (Å²) in [6.45, 7) is 9.40. The van der Waals surface area contributed by atoms with Gasteiger partial charge in [0.25, 0.3) is 0 Å². The van der Waals surface area contributed by atoms with Gasteiger partial charge >= 0.3 is 0 Å². The molecule has 8 heteroatoms. The van der Waals surface area contributed by atoms with Crippen molar-refractivity contribution >= 4 is 17.4 Å². The molecule has 3 aromatic heterocycles. The largest absolute Gasteiger partial charge is 0.384 e. The predicted molar refractivity (Wildman–Crippen MR) is 120 cm³/mol. The fourth-order valence-electron chi connectivity index (χ4n) is 3.90. The van der Waals surface area contributed by atoms with Crippen molar-refractivity contribution in [2.24, 2.45) is 0 Å². The molecule has 160 valence electrons. The number of piperidine rings is 1. The van der Waals surface area contributed by atoms with E-state index in [4.69, 9.17) is 10.7 Å². The average Bonchev–Trinajstić information content (AvgIpc) is 3.14. The van der Waals surface area contributed by atoms with Gasteiger partial charge in [-0.2, -0.15) is 9.61 Å². The second kappa shape index (κ2) is 7.83. The van der Waals surface area contributed by atoms with Crippen LogP contribution in [0.2, 0.25) is 0 Å². The van der Waals surface area contributed by atoms with Crippen LogP contribution >= 0.6 is 0 Å². The molecular weight excluding hydrogens is 376 g/mol. The highest BCUT2D eigenvalue weighted by Gasteiger charge is 2.24. The minimum absolute atomic E-state index is 0.0277. The van der Waals surface area contributed by atoms with Crippen molar-refractivity contribution in [3.63, 3.8) is 0 Å². The number of nitrogen functional groups attached to an aromatic ring is 1. The van der Waals surface area contributed by atoms with Crippen molar-refractivity contribution in [2.75, 3.05) is 37.8 Å². The number of nitrogens with zero attached hydrogens (tertiary/aromatic N) is 7. The highest BCUT2D eigenvalue weighted by atomic mass is 15.3. The van der Waals surface area contributed by atoms with Gasteiger partial charge in [-0.3, -0.25) is 4.90 Å². The Bertz CT molecular complexity index is 1010. The molecular formula is C22H32N8. The molecule has 1 aliphatic rings. The lowest BCUT2D eigenvalue weighted by molar-refractivity contribution is 0.203. The van der Waals surface area contributed by atoms with Crippen molar-refractivity contribution in [1.29, 1.82) is 0 Å². The molecule has 8 nitrogen and oxygen atoms in total. The third-order valence-electron chi connectivity index (χ3n) is 5.75. The van der Waals surface area contributed by atoms with Crippen LogP contribution in [-0.2, 0) is 12.0 Å². The fourth-order valence-corrected chi connectivity index (χ4v) is 3.90. The Hall–Kier alpha value is -2.74. The molecule has 4 heterocycles. The van der Waals surface area contributed by atoms with Crippen LogP contribution in [0.5, 0.6) is 0 Å². The van der Waals surface area contributed by atoms with Gasteiger partial charge < -0.3 is 10.6 Å². The van der Waals surface area contributed by atoms with Crippen LogP contribution in [0.25, 0.3) is 5.65 Å². The smallest absolute Gasteiger partial charge is 0.224 e. The minimum Gasteiger partial charge on any atom is -0.384 e. The zero-order valence-corrected chi connectivity index (χ0v) is 18.6. The maximum Gasteiger partial charge on any atom is 0.224 e. The summed E-state index contributed by atoms with van der Waals surface area (Å²) in [5, 5.41) is 4.65. The van der Waals surface area contributed by atoms with Crippen molar-refractivity contribution in [2.45, 2.75) is 51.5 Å². The third-order valence-corrected chi connectivity index (χ3v) is 5.75. The first-order valence-corrected chi connectivity index (χ1v) is 10.6. The lowest BCUT2D eigenvalue weighted by atomic mass is 9.92. The van der Waals surface area contributed by atoms with Crippen LogP contribution in [0, 0.1) is 0 Å². The number of anilines is 2. The Morgan fingerprint density at radius 1 is 1.10 bits per heavy atom. The van der Waals surface area contributed by atoms with Gasteiger partial charge in [-0.05, 0) is 25.9 Å². The molecule has 3 aromatic rings. The van der Waals surface area contributed by atoms with Gasteiger partial charge in [-0.1, -0.05) is 20.8 Å². The van der Waals surface area contributed by atoms with Crippen LogP contribution in [0.15, 0.2) is 24.5 Å². The quantitative estimate of drug-likeness (QED) is 0.710. The Morgan fingerprint density at radius 3 is 2.37 bits per heavy atom. The molecule has 1 fully saturated rings. The molecule has 0 aromatic carbocycles. The molecule has 0 spiro atoms. The van der Waals surface area contributed by atoms with Gasteiger partial charge in [0.05, 0.1) is 5.69 Å². The first-order chi connectivity index (χ1) is 14.2. The zero-order valence-electron chi connectivity index (χ0n) is 18.6. The number of hydrogen-bond acceptors (Lipinski definition) is 7. The van der Waals surface area contributed by atoms with E-state index in [-0.39, 0.29) is 5.41 Å². The van der Waals surface area contributed by atoms with Crippen molar-refractivity contribution < 1.29 is 0 Å². The number of hydrogen-bond donors (Lipinski definition) is 1. The molecule has 0 bridgehead atoms. The highest BCUT2D eigenvalue weighted by Crippen LogP contribution is 2.30. The van der Waals surface area contributed by atoms with E-state index in [1.54, 1.807) is 4.52 Å². The summed E-state index contributed by atoms with van der Waals surface area (Å²) in [5.74, 6) is 1.82. The third kappa shape index (κ3) is 4.23. The highest BCUT2D eigenvalue weighted by molar-refractivity contribution is 5.49. The standard InChI is InChI=1S/C22H32N8/c1-22(2,3)18-11-20-26-17(10-19(23)30(20)27-18)16-6-8-29(9-7-16)14-15-12-24-21(25-13-15)28(4)5/h10-13,16H,6-9,14,23H2,1-5H3. The van der Waals surface area contributed by atoms with E-state index in [9.17, 15) is 0 Å². The SMILES string of the molecule is CN(C)c1ncc(CN2CCC(c3cc(N)n4nc(C(C)(C)C)cc4n3)CC2)cn1. The Kier molecular flexibility index (Phi) is 5.36. The summed E-state index contributed by atoms with van der Waals surface area (Å²) < 4.78 is 1.76. The molecule has 0 saturated carbocycles. The lowest BCUT2D eigenvalue weighted by Gasteiger charge is -2.31. The zero-order chi connectivity index (χ0) is 21.5. The number of nitrogens with two attached hydrogens (primary N) is 1. The van der Waals surface area contributed by atoms with Gasteiger partial charge in [-0.15, -0.1) is 0 Å². The van der Waals surface area contributed by atoms with Gasteiger partial charge in [-0.25, -0.2) is 15.0 Å². The molecule has 0 radical (unpaired) electrons. The van der Waals surface area contributed by atoms with E-state index in [0.29, 0.717) is 11.7 Å². The Morgan fingerprint density at radius 2 is 1.77 bits per heavy atom. The summed E-state index contributed by atoms with van der Waals surface area (Å²) in [6.07, 6.45) is 5.99. The summed E-state index contributed by atoms with van der Waals surface area (Å²) in [4.78, 5) is 18.1. The maximum atomic E-state index is 6.32. The second-order valence-electron chi connectivity index (χ2n) is 9.49. The van der Waals surface area contributed by atoms with Gasteiger partial charge in [0, 0.05) is 67.8 Å². The van der Waals surface area contributed by atoms with E-state index < -0.39 is 0 Å². The number of likely N-dealkylation sites (tertiary alicyclic amines) is 1. The molecule has 0 unspecified atom stereocenters. The van der Waals surface area contributed by atoms with Gasteiger partial charge in [0.2, 0.25) is 5.95 Å². The summed E-state index contributed by atoms with van der Waals surface area (Å²) in [5.41, 5.74) is 10.4. The van der Waals surface area contributed by atoms with Gasteiger partial charge in [0.15, 0.2) is 5.65 Å². The van der Waals surface area contributed by atoms with Gasteiger partial charge in [0.1, 0.15) is 5.82 Å². The average molecular weight is 409 g/mol. The van der Waals surface area contributed by atoms with Crippen molar-refractivity contribution in [1.82, 2.24) is 29.5 Å². The Labute approximate surface area is 178 Å². The maximum absolute atomic E-state index is 6.32. The van der Waals surface area contributed by atoms with Crippen LogP contribution in [-0.4, -0.2) is 56.7 Å². The molecule has 4 rings (SSSR count). The van der Waals surface area contributed by atoms with E-state index in [2.05, 4.69) is 46.8 Å². The number of aromatic nitrogens is 5. The summed E-state index contributed by atoms with van der Waals surface area (Å²) in [7, 11) is 3.90. The van der Waals surface area contributed by atoms with Crippen LogP contribution in [0.4, 0.5) is 11.8 Å². The van der Waals surface area contributed by atoms with E-state index in [1.165, 1.54) is 0 Å². The normalized spacial score (nSPS) is 16.3. The molecule has 2 N–H and O–H groups in total. The first kappa shape index (κ1) is 20.5. The molecule has 1 aliphatic heterocycles. The predicted octanol–water partition coefficient (Wildman–Crippen LogP) is 2.84. The van der Waals surface area contributed by atoms with Crippen LogP contribution in [0.1, 0.15) is 56.5 Å². The lowest BCUT2D eigenvalue weighted by Crippen LogP contribution is -2.33. The summed E-state index contributed by atoms with van der Waals surface area (Å²) in [6, 6.07) is 4.06. The number of fused-ring (bicyclic) bond motifs is 1. The van der Waals surface area contributed by atoms with Crippen molar-refractivity contribution in [3.05, 3.63) is 41.5 Å². The molecule has 30 heavy (non-hydrogen) atoms. The number of rotatable bonds is 4. The van der Waals surface area contributed by atoms with Crippen molar-refractivity contribution in [3.8, 4) is 0 Å². The minimum atomic E-state index is -0.0277. The van der Waals surface area contributed by atoms with E-state index in [0.717, 1.165) is 61.0 Å². The van der Waals surface area contributed by atoms with E-state index in [1.807, 2.05) is 37.5 Å².